The summed E-state index contributed by atoms with van der Waals surface area (Å²) in [6.07, 6.45) is 2.59. The highest BCUT2D eigenvalue weighted by Gasteiger charge is 2.19. The first-order chi connectivity index (χ1) is 6.76. The molecule has 0 saturated carbocycles. The van der Waals surface area contributed by atoms with Crippen LogP contribution in [0.3, 0.4) is 0 Å². The Morgan fingerprint density at radius 2 is 2.43 bits per heavy atom. The van der Waals surface area contributed by atoms with Crippen LogP contribution in [0.1, 0.15) is 19.8 Å². The zero-order valence-corrected chi connectivity index (χ0v) is 8.92. The van der Waals surface area contributed by atoms with Crippen LogP contribution in [0, 0.1) is 5.92 Å². The van der Waals surface area contributed by atoms with Crippen LogP contribution in [-0.4, -0.2) is 32.3 Å². The molecule has 0 spiro atoms. The highest BCUT2D eigenvalue weighted by molar-refractivity contribution is 5.78. The maximum atomic E-state index is 5.47. The molecule has 0 aliphatic carbocycles. The minimum absolute atomic E-state index is 0.378. The Labute approximate surface area is 85.1 Å². The monoisotopic (exact) mass is 200 g/mol. The molecule has 1 saturated heterocycles. The second-order valence-electron chi connectivity index (χ2n) is 3.67. The van der Waals surface area contributed by atoms with Gasteiger partial charge in [-0.1, -0.05) is 0 Å². The second kappa shape index (κ2) is 5.82. The van der Waals surface area contributed by atoms with Gasteiger partial charge in [0.1, 0.15) is 0 Å². The average Bonchev–Trinajstić information content (AvgIpc) is 2.19. The van der Waals surface area contributed by atoms with E-state index in [1.165, 1.54) is 0 Å². The Morgan fingerprint density at radius 3 is 3.00 bits per heavy atom. The summed E-state index contributed by atoms with van der Waals surface area (Å²) in [5.74, 6) is 6.56. The molecule has 0 radical (unpaired) electrons. The molecule has 2 atom stereocenters. The number of hydrogen-bond donors (Lipinski definition) is 3. The second-order valence-corrected chi connectivity index (χ2v) is 3.67. The summed E-state index contributed by atoms with van der Waals surface area (Å²) >= 11 is 0. The van der Waals surface area contributed by atoms with Crippen LogP contribution in [0.4, 0.5) is 0 Å². The van der Waals surface area contributed by atoms with Crippen molar-refractivity contribution in [3.63, 3.8) is 0 Å². The van der Waals surface area contributed by atoms with Crippen molar-refractivity contribution in [1.82, 2.24) is 10.7 Å². The zero-order chi connectivity index (χ0) is 10.4. The summed E-state index contributed by atoms with van der Waals surface area (Å²) in [7, 11) is 1.70. The van der Waals surface area contributed by atoms with Crippen LogP contribution in [0.2, 0.25) is 0 Å². The number of guanidine groups is 1. The van der Waals surface area contributed by atoms with E-state index in [4.69, 9.17) is 10.6 Å². The van der Waals surface area contributed by atoms with Crippen LogP contribution < -0.4 is 16.6 Å². The maximum Gasteiger partial charge on any atom is 0.205 e. The van der Waals surface area contributed by atoms with Gasteiger partial charge in [0, 0.05) is 20.2 Å². The summed E-state index contributed by atoms with van der Waals surface area (Å²) < 4.78 is 5.47. The lowest BCUT2D eigenvalue weighted by molar-refractivity contribution is 0.00379. The standard InChI is InChI=1S/C9H20N4O/c1-7-5-8(3-4-14-7)6-12-9(11-2)13-10/h7-8H,3-6,10H2,1-2H3,(H2,11,12,13). The number of nitrogens with two attached hydrogens (primary N) is 1. The van der Waals surface area contributed by atoms with Crippen LogP contribution in [0.5, 0.6) is 0 Å². The molecule has 2 unspecified atom stereocenters. The van der Waals surface area contributed by atoms with Gasteiger partial charge in [0.2, 0.25) is 5.96 Å². The molecule has 14 heavy (non-hydrogen) atoms. The smallest absolute Gasteiger partial charge is 0.205 e. The fourth-order valence-corrected chi connectivity index (χ4v) is 1.71. The predicted molar refractivity (Wildman–Crippen MR) is 56.8 cm³/mol. The molecule has 0 aromatic rings. The van der Waals surface area contributed by atoms with E-state index in [0.717, 1.165) is 26.0 Å². The van der Waals surface area contributed by atoms with Crippen LogP contribution in [-0.2, 0) is 4.74 Å². The lowest BCUT2D eigenvalue weighted by Crippen LogP contribution is -2.44. The molecular weight excluding hydrogens is 180 g/mol. The fraction of sp³-hybridized carbons (Fsp3) is 0.889. The van der Waals surface area contributed by atoms with Crippen LogP contribution in [0.15, 0.2) is 4.99 Å². The minimum atomic E-state index is 0.378. The van der Waals surface area contributed by atoms with E-state index >= 15 is 0 Å². The first-order valence-corrected chi connectivity index (χ1v) is 5.05. The van der Waals surface area contributed by atoms with E-state index in [-0.39, 0.29) is 0 Å². The fourth-order valence-electron chi connectivity index (χ4n) is 1.71. The first kappa shape index (κ1) is 11.3. The maximum absolute atomic E-state index is 5.47. The number of hydrogen-bond acceptors (Lipinski definition) is 3. The van der Waals surface area contributed by atoms with Crippen LogP contribution in [0.25, 0.3) is 0 Å². The van der Waals surface area contributed by atoms with Crippen molar-refractivity contribution in [2.45, 2.75) is 25.9 Å². The Hall–Kier alpha value is -0.810. The van der Waals surface area contributed by atoms with Gasteiger partial charge >= 0.3 is 0 Å². The number of ether oxygens (including phenoxy) is 1. The Balaban J connectivity index is 2.23. The van der Waals surface area contributed by atoms with Crippen molar-refractivity contribution in [3.8, 4) is 0 Å². The van der Waals surface area contributed by atoms with E-state index in [1.807, 2.05) is 0 Å². The number of nitrogens with zero attached hydrogens (tertiary/aromatic N) is 1. The van der Waals surface area contributed by atoms with E-state index in [1.54, 1.807) is 7.05 Å². The molecule has 82 valence electrons. The molecule has 0 aromatic heterocycles. The third-order valence-corrected chi connectivity index (χ3v) is 2.51. The number of aliphatic imine (C=N–C) groups is 1. The molecular formula is C9H20N4O. The van der Waals surface area contributed by atoms with Crippen molar-refractivity contribution in [2.24, 2.45) is 16.8 Å². The summed E-state index contributed by atoms with van der Waals surface area (Å²) in [6, 6.07) is 0. The molecule has 5 heteroatoms. The number of rotatable bonds is 2. The highest BCUT2D eigenvalue weighted by Crippen LogP contribution is 2.18. The summed E-state index contributed by atoms with van der Waals surface area (Å²) in [6.45, 7) is 3.88. The Kier molecular flexibility index (Phi) is 4.69. The van der Waals surface area contributed by atoms with Crippen molar-refractivity contribution in [3.05, 3.63) is 0 Å². The van der Waals surface area contributed by atoms with Gasteiger partial charge in [-0.3, -0.25) is 10.4 Å². The van der Waals surface area contributed by atoms with Gasteiger partial charge in [0.15, 0.2) is 0 Å². The molecule has 1 fully saturated rings. The summed E-state index contributed by atoms with van der Waals surface area (Å²) in [5.41, 5.74) is 2.51. The highest BCUT2D eigenvalue weighted by atomic mass is 16.5. The quantitative estimate of drug-likeness (QED) is 0.251. The van der Waals surface area contributed by atoms with Crippen molar-refractivity contribution in [1.29, 1.82) is 0 Å². The molecule has 5 nitrogen and oxygen atoms in total. The van der Waals surface area contributed by atoms with E-state index in [9.17, 15) is 0 Å². The van der Waals surface area contributed by atoms with Crippen molar-refractivity contribution in [2.75, 3.05) is 20.2 Å². The molecule has 1 heterocycles. The predicted octanol–water partition coefficient (Wildman–Crippen LogP) is -0.160. The van der Waals surface area contributed by atoms with Gasteiger partial charge < -0.3 is 10.1 Å². The topological polar surface area (TPSA) is 71.7 Å². The Bertz CT molecular complexity index is 195. The van der Waals surface area contributed by atoms with Gasteiger partial charge in [-0.2, -0.15) is 0 Å². The largest absolute Gasteiger partial charge is 0.378 e. The molecule has 4 N–H and O–H groups in total. The van der Waals surface area contributed by atoms with Gasteiger partial charge in [-0.25, -0.2) is 5.84 Å². The number of hydrazine groups is 1. The van der Waals surface area contributed by atoms with Crippen molar-refractivity contribution >= 4 is 5.96 Å². The lowest BCUT2D eigenvalue weighted by Gasteiger charge is -2.27. The number of nitrogens with one attached hydrogen (secondary N) is 2. The Morgan fingerprint density at radius 1 is 1.64 bits per heavy atom. The van der Waals surface area contributed by atoms with E-state index < -0.39 is 0 Å². The first-order valence-electron chi connectivity index (χ1n) is 5.05. The van der Waals surface area contributed by atoms with Gasteiger partial charge in [0.05, 0.1) is 6.10 Å². The summed E-state index contributed by atoms with van der Waals surface area (Å²) in [4.78, 5) is 3.95. The summed E-state index contributed by atoms with van der Waals surface area (Å²) in [5, 5.41) is 3.17. The van der Waals surface area contributed by atoms with E-state index in [0.29, 0.717) is 18.0 Å². The van der Waals surface area contributed by atoms with Crippen molar-refractivity contribution < 1.29 is 4.74 Å². The van der Waals surface area contributed by atoms with Gasteiger partial charge in [0.25, 0.3) is 0 Å². The van der Waals surface area contributed by atoms with E-state index in [2.05, 4.69) is 22.7 Å². The normalized spacial score (nSPS) is 28.6. The zero-order valence-electron chi connectivity index (χ0n) is 8.92. The average molecular weight is 200 g/mol. The molecule has 1 aliphatic heterocycles. The SMILES string of the molecule is CN=C(NN)NCC1CCOC(C)C1. The molecule has 0 amide bonds. The molecule has 1 aliphatic rings. The van der Waals surface area contributed by atoms with Gasteiger partial charge in [-0.05, 0) is 25.7 Å². The lowest BCUT2D eigenvalue weighted by atomic mass is 9.96. The molecule has 0 aromatic carbocycles. The van der Waals surface area contributed by atoms with Crippen LogP contribution >= 0.6 is 0 Å². The molecule has 1 rings (SSSR count). The third-order valence-electron chi connectivity index (χ3n) is 2.51. The third kappa shape index (κ3) is 3.51. The minimum Gasteiger partial charge on any atom is -0.378 e. The van der Waals surface area contributed by atoms with Gasteiger partial charge in [-0.15, -0.1) is 0 Å². The molecule has 0 bridgehead atoms.